The molecule has 1 unspecified atom stereocenters. The fourth-order valence-corrected chi connectivity index (χ4v) is 1.17. The van der Waals surface area contributed by atoms with Crippen LogP contribution in [-0.4, -0.2) is 39.3 Å². The maximum Gasteiger partial charge on any atom is 0.234 e. The number of hydrogen-bond donors (Lipinski definition) is 2. The lowest BCUT2D eigenvalue weighted by atomic mass is 9.89. The van der Waals surface area contributed by atoms with E-state index in [-0.39, 0.29) is 29.8 Å². The Hall–Kier alpha value is -0.320. The number of likely N-dealkylation sites (N-methyl/N-ethyl adjacent to an activating group) is 1. The van der Waals surface area contributed by atoms with Crippen LogP contribution in [0.5, 0.6) is 0 Å². The first-order valence-electron chi connectivity index (χ1n) is 4.86. The highest BCUT2D eigenvalue weighted by Crippen LogP contribution is 2.20. The summed E-state index contributed by atoms with van der Waals surface area (Å²) in [5.74, 6) is -0.00111. The normalized spacial score (nSPS) is 12.9. The fraction of sp³-hybridized carbons (Fsp3) is 0.900. The lowest BCUT2D eigenvalue weighted by Gasteiger charge is -2.29. The molecular weight excluding hydrogens is 216 g/mol. The van der Waals surface area contributed by atoms with Crippen molar-refractivity contribution in [3.63, 3.8) is 0 Å². The Morgan fingerprint density at radius 1 is 1.40 bits per heavy atom. The van der Waals surface area contributed by atoms with Crippen molar-refractivity contribution in [2.24, 2.45) is 5.41 Å². The number of amides is 1. The van der Waals surface area contributed by atoms with E-state index in [9.17, 15) is 4.79 Å². The number of carbonyl (C=O) groups is 1. The minimum Gasteiger partial charge on any atom is -0.379 e. The number of carbonyl (C=O) groups excluding carboxylic acids is 1. The number of ether oxygens (including phenoxy) is 1. The molecule has 0 saturated heterocycles. The van der Waals surface area contributed by atoms with Crippen LogP contribution in [0, 0.1) is 5.41 Å². The van der Waals surface area contributed by atoms with E-state index in [2.05, 4.69) is 31.4 Å². The molecule has 1 amide bonds. The average Bonchev–Trinajstić information content (AvgIpc) is 2.03. The van der Waals surface area contributed by atoms with Crippen molar-refractivity contribution >= 4 is 18.3 Å². The summed E-state index contributed by atoms with van der Waals surface area (Å²) in [4.78, 5) is 11.2. The minimum atomic E-state index is -0.00111. The average molecular weight is 239 g/mol. The lowest BCUT2D eigenvalue weighted by molar-refractivity contribution is -0.121. The molecule has 0 aliphatic rings. The van der Waals surface area contributed by atoms with Crippen LogP contribution in [0.1, 0.15) is 20.8 Å². The van der Waals surface area contributed by atoms with E-state index >= 15 is 0 Å². The lowest BCUT2D eigenvalue weighted by Crippen LogP contribution is -2.42. The Bertz CT molecular complexity index is 181. The van der Waals surface area contributed by atoms with E-state index in [1.165, 1.54) is 0 Å². The predicted molar refractivity (Wildman–Crippen MR) is 64.4 cm³/mol. The molecule has 0 fully saturated rings. The second kappa shape index (κ2) is 7.91. The fourth-order valence-electron chi connectivity index (χ4n) is 1.17. The van der Waals surface area contributed by atoms with Gasteiger partial charge in [0.2, 0.25) is 5.91 Å². The summed E-state index contributed by atoms with van der Waals surface area (Å²) in [5.41, 5.74) is 0.0433. The van der Waals surface area contributed by atoms with Gasteiger partial charge in [-0.3, -0.25) is 4.79 Å². The molecule has 0 aromatic carbocycles. The molecule has 0 spiro atoms. The highest BCUT2D eigenvalue weighted by Gasteiger charge is 2.24. The molecule has 4 nitrogen and oxygen atoms in total. The van der Waals surface area contributed by atoms with E-state index in [4.69, 9.17) is 4.74 Å². The third-order valence-electron chi connectivity index (χ3n) is 2.07. The molecule has 0 rings (SSSR count). The zero-order valence-corrected chi connectivity index (χ0v) is 11.0. The topological polar surface area (TPSA) is 50.4 Å². The molecule has 0 bridgehead atoms. The molecule has 5 heteroatoms. The van der Waals surface area contributed by atoms with Gasteiger partial charge < -0.3 is 15.4 Å². The summed E-state index contributed by atoms with van der Waals surface area (Å²) in [6, 6.07) is 0. The molecular formula is C10H23ClN2O2. The molecule has 0 heterocycles. The molecule has 15 heavy (non-hydrogen) atoms. The summed E-state index contributed by atoms with van der Waals surface area (Å²) in [5, 5.41) is 5.61. The molecule has 0 saturated carbocycles. The van der Waals surface area contributed by atoms with E-state index in [1.807, 2.05) is 0 Å². The molecule has 0 aromatic rings. The Labute approximate surface area is 98.6 Å². The Morgan fingerprint density at radius 3 is 2.27 bits per heavy atom. The predicted octanol–water partition coefficient (Wildman–Crippen LogP) is 0.805. The summed E-state index contributed by atoms with van der Waals surface area (Å²) in [6.45, 7) is 7.17. The van der Waals surface area contributed by atoms with Crippen molar-refractivity contribution in [3.8, 4) is 0 Å². The Balaban J connectivity index is 0. The third kappa shape index (κ3) is 7.59. The second-order valence-electron chi connectivity index (χ2n) is 4.42. The quantitative estimate of drug-likeness (QED) is 0.745. The van der Waals surface area contributed by atoms with Gasteiger partial charge in [0.05, 0.1) is 12.6 Å². The van der Waals surface area contributed by atoms with Gasteiger partial charge in [-0.1, -0.05) is 20.8 Å². The third-order valence-corrected chi connectivity index (χ3v) is 2.07. The van der Waals surface area contributed by atoms with Crippen LogP contribution in [0.15, 0.2) is 0 Å². The van der Waals surface area contributed by atoms with Crippen LogP contribution in [0.25, 0.3) is 0 Å². The van der Waals surface area contributed by atoms with E-state index in [0.717, 1.165) is 0 Å². The van der Waals surface area contributed by atoms with E-state index < -0.39 is 0 Å². The zero-order chi connectivity index (χ0) is 11.2. The first-order valence-corrected chi connectivity index (χ1v) is 4.86. The van der Waals surface area contributed by atoms with Gasteiger partial charge in [0, 0.05) is 13.7 Å². The first-order chi connectivity index (χ1) is 6.41. The van der Waals surface area contributed by atoms with Crippen LogP contribution >= 0.6 is 12.4 Å². The zero-order valence-electron chi connectivity index (χ0n) is 10.2. The van der Waals surface area contributed by atoms with E-state index in [0.29, 0.717) is 13.1 Å². The maximum atomic E-state index is 11.2. The molecule has 0 radical (unpaired) electrons. The number of hydrogen-bond acceptors (Lipinski definition) is 3. The number of methoxy groups -OCH3 is 1. The number of nitrogens with one attached hydrogen (secondary N) is 2. The molecule has 0 aliphatic heterocycles. The van der Waals surface area contributed by atoms with Crippen LogP contribution in [-0.2, 0) is 9.53 Å². The smallest absolute Gasteiger partial charge is 0.234 e. The van der Waals surface area contributed by atoms with Crippen LogP contribution in [0.2, 0.25) is 0 Å². The van der Waals surface area contributed by atoms with Crippen molar-refractivity contribution in [2.45, 2.75) is 26.9 Å². The molecule has 1 atom stereocenters. The molecule has 2 N–H and O–H groups in total. The monoisotopic (exact) mass is 238 g/mol. The molecule has 0 aliphatic carbocycles. The summed E-state index contributed by atoms with van der Waals surface area (Å²) >= 11 is 0. The van der Waals surface area contributed by atoms with Crippen molar-refractivity contribution in [1.29, 1.82) is 0 Å². The molecule has 0 aromatic heterocycles. The van der Waals surface area contributed by atoms with Gasteiger partial charge >= 0.3 is 0 Å². The SMILES string of the molecule is CNCC(=O)NCC(OC)C(C)(C)C.Cl. The van der Waals surface area contributed by atoms with Crippen molar-refractivity contribution in [1.82, 2.24) is 10.6 Å². The largest absolute Gasteiger partial charge is 0.379 e. The van der Waals surface area contributed by atoms with Crippen LogP contribution in [0.4, 0.5) is 0 Å². The van der Waals surface area contributed by atoms with Gasteiger partial charge in [0.15, 0.2) is 0 Å². The highest BCUT2D eigenvalue weighted by molar-refractivity contribution is 5.85. The summed E-state index contributed by atoms with van der Waals surface area (Å²) in [7, 11) is 3.41. The van der Waals surface area contributed by atoms with Gasteiger partial charge in [-0.2, -0.15) is 0 Å². The Morgan fingerprint density at radius 2 is 1.93 bits per heavy atom. The van der Waals surface area contributed by atoms with E-state index in [1.54, 1.807) is 14.2 Å². The maximum absolute atomic E-state index is 11.2. The molecule has 92 valence electrons. The van der Waals surface area contributed by atoms with Crippen LogP contribution < -0.4 is 10.6 Å². The highest BCUT2D eigenvalue weighted by atomic mass is 35.5. The van der Waals surface area contributed by atoms with Crippen molar-refractivity contribution in [3.05, 3.63) is 0 Å². The van der Waals surface area contributed by atoms with Crippen LogP contribution in [0.3, 0.4) is 0 Å². The first kappa shape index (κ1) is 17.1. The van der Waals surface area contributed by atoms with Gasteiger partial charge in [0.25, 0.3) is 0 Å². The summed E-state index contributed by atoms with van der Waals surface area (Å²) in [6.07, 6.45) is 0.0447. The van der Waals surface area contributed by atoms with Crippen molar-refractivity contribution < 1.29 is 9.53 Å². The number of halogens is 1. The van der Waals surface area contributed by atoms with Gasteiger partial charge in [-0.25, -0.2) is 0 Å². The number of rotatable bonds is 5. The van der Waals surface area contributed by atoms with Gasteiger partial charge in [-0.15, -0.1) is 12.4 Å². The Kier molecular flexibility index (Phi) is 9.01. The van der Waals surface area contributed by atoms with Gasteiger partial charge in [-0.05, 0) is 12.5 Å². The van der Waals surface area contributed by atoms with Gasteiger partial charge in [0.1, 0.15) is 0 Å². The minimum absolute atomic E-state index is 0. The van der Waals surface area contributed by atoms with Crippen molar-refractivity contribution in [2.75, 3.05) is 27.2 Å². The second-order valence-corrected chi connectivity index (χ2v) is 4.42. The summed E-state index contributed by atoms with van der Waals surface area (Å²) < 4.78 is 5.31. The standard InChI is InChI=1S/C10H22N2O2.ClH/c1-10(2,3)8(14-5)6-12-9(13)7-11-4;/h8,11H,6-7H2,1-5H3,(H,12,13);1H.